The summed E-state index contributed by atoms with van der Waals surface area (Å²) in [6, 6.07) is 14.9. The molecule has 0 unspecified atom stereocenters. The molecule has 162 valence electrons. The first-order valence-electron chi connectivity index (χ1n) is 10.9. The number of sulfonamides is 1. The van der Waals surface area contributed by atoms with E-state index in [0.29, 0.717) is 5.92 Å². The number of fused-ring (bicyclic) bond motifs is 1. The van der Waals surface area contributed by atoms with Crippen LogP contribution >= 0.6 is 0 Å². The zero-order valence-corrected chi connectivity index (χ0v) is 18.1. The summed E-state index contributed by atoms with van der Waals surface area (Å²) < 4.78 is 31.2. The van der Waals surface area contributed by atoms with Gasteiger partial charge in [0.1, 0.15) is 5.82 Å². The fourth-order valence-corrected chi connectivity index (χ4v) is 5.31. The number of hydrogen-bond donors (Lipinski definition) is 1. The van der Waals surface area contributed by atoms with Crippen LogP contribution in [0.3, 0.4) is 0 Å². The minimum atomic E-state index is -3.64. The molecule has 5 rings (SSSR count). The Balaban J connectivity index is 1.33. The number of benzene rings is 2. The van der Waals surface area contributed by atoms with Crippen LogP contribution in [0.15, 0.2) is 58.2 Å². The minimum Gasteiger partial charge on any atom is -0.247 e. The van der Waals surface area contributed by atoms with Crippen molar-refractivity contribution in [1.29, 1.82) is 0 Å². The quantitative estimate of drug-likeness (QED) is 0.615. The Morgan fingerprint density at radius 1 is 1.00 bits per heavy atom. The molecule has 1 saturated carbocycles. The summed E-state index contributed by atoms with van der Waals surface area (Å²) in [6.45, 7) is 0.289. The maximum absolute atomic E-state index is 13.0. The summed E-state index contributed by atoms with van der Waals surface area (Å²) in [4.78, 5) is 13.3. The molecule has 31 heavy (non-hydrogen) atoms. The Labute approximate surface area is 181 Å². The number of nitrogens with zero attached hydrogens (tertiary/aromatic N) is 3. The van der Waals surface area contributed by atoms with E-state index in [0.717, 1.165) is 55.6 Å². The van der Waals surface area contributed by atoms with E-state index in [1.165, 1.54) is 10.2 Å². The van der Waals surface area contributed by atoms with Gasteiger partial charge in [-0.2, -0.15) is 5.10 Å². The third kappa shape index (κ3) is 4.09. The van der Waals surface area contributed by atoms with Crippen LogP contribution in [0, 0.1) is 0 Å². The lowest BCUT2D eigenvalue weighted by Gasteiger charge is -2.16. The summed E-state index contributed by atoms with van der Waals surface area (Å²) in [5.41, 5.74) is 2.92. The van der Waals surface area contributed by atoms with Gasteiger partial charge in [-0.15, -0.1) is 0 Å². The molecule has 0 atom stereocenters. The molecule has 0 saturated heterocycles. The Hall–Kier alpha value is -2.71. The lowest BCUT2D eigenvalue weighted by molar-refractivity contribution is 0.550. The van der Waals surface area contributed by atoms with Gasteiger partial charge in [-0.1, -0.05) is 24.3 Å². The van der Waals surface area contributed by atoms with Crippen molar-refractivity contribution < 1.29 is 8.42 Å². The van der Waals surface area contributed by atoms with E-state index >= 15 is 0 Å². The van der Waals surface area contributed by atoms with Gasteiger partial charge in [0.05, 0.1) is 17.1 Å². The van der Waals surface area contributed by atoms with Crippen LogP contribution in [0.5, 0.6) is 0 Å². The van der Waals surface area contributed by atoms with Crippen molar-refractivity contribution >= 4 is 10.0 Å². The van der Waals surface area contributed by atoms with Crippen LogP contribution in [-0.4, -0.2) is 29.3 Å². The molecule has 0 amide bonds. The Morgan fingerprint density at radius 3 is 2.48 bits per heavy atom. The number of aromatic nitrogens is 3. The fraction of sp³-hybridized carbons (Fsp3) is 0.391. The maximum Gasteiger partial charge on any atom is 0.350 e. The third-order valence-electron chi connectivity index (χ3n) is 6.07. The number of hydrogen-bond acceptors (Lipinski definition) is 4. The molecule has 8 heteroatoms. The molecular formula is C23H26N4O3S. The average Bonchev–Trinajstić information content (AvgIpc) is 3.58. The number of para-hydroxylation sites is 1. The topological polar surface area (TPSA) is 86.0 Å². The van der Waals surface area contributed by atoms with E-state index in [1.807, 2.05) is 36.4 Å². The molecule has 7 nitrogen and oxygen atoms in total. The smallest absolute Gasteiger partial charge is 0.247 e. The Kier molecular flexibility index (Phi) is 5.27. The van der Waals surface area contributed by atoms with E-state index in [1.54, 1.807) is 16.7 Å². The highest BCUT2D eigenvalue weighted by Crippen LogP contribution is 2.39. The van der Waals surface area contributed by atoms with Crippen LogP contribution in [0.4, 0.5) is 0 Å². The van der Waals surface area contributed by atoms with Gasteiger partial charge >= 0.3 is 5.69 Å². The molecule has 2 aliphatic carbocycles. The predicted octanol–water partition coefficient (Wildman–Crippen LogP) is 2.77. The lowest BCUT2D eigenvalue weighted by Crippen LogP contribution is -2.32. The van der Waals surface area contributed by atoms with E-state index in [4.69, 9.17) is 0 Å². The first kappa shape index (κ1) is 20.2. The number of nitrogens with one attached hydrogen (secondary N) is 1. The van der Waals surface area contributed by atoms with E-state index in [9.17, 15) is 13.2 Å². The lowest BCUT2D eigenvalue weighted by atomic mass is 9.92. The highest BCUT2D eigenvalue weighted by molar-refractivity contribution is 7.89. The van der Waals surface area contributed by atoms with Crippen LogP contribution in [0.2, 0.25) is 0 Å². The van der Waals surface area contributed by atoms with Crippen LogP contribution < -0.4 is 10.4 Å². The SMILES string of the molecule is O=c1n(CCNS(=O)(=O)c2ccc3c(c2)CCCC3)nc(C2CC2)n1-c1ccccc1. The molecule has 0 radical (unpaired) electrons. The second-order valence-corrected chi connectivity index (χ2v) is 10.1. The standard InChI is InChI=1S/C23H26N4O3S/c28-23-26(25-22(18-10-11-18)27(23)20-8-2-1-3-9-20)15-14-24-31(29,30)21-13-12-17-6-4-5-7-19(17)16-21/h1-3,8-9,12-13,16,18,24H,4-7,10-11,14-15H2. The van der Waals surface area contributed by atoms with Crippen LogP contribution in [0.1, 0.15) is 48.6 Å². The number of aryl methyl sites for hydroxylation is 2. The molecule has 1 N–H and O–H groups in total. The molecular weight excluding hydrogens is 412 g/mol. The molecule has 0 bridgehead atoms. The molecule has 1 heterocycles. The van der Waals surface area contributed by atoms with Gasteiger partial charge in [-0.05, 0) is 73.9 Å². The Bertz CT molecular complexity index is 1260. The van der Waals surface area contributed by atoms with Crippen molar-refractivity contribution in [3.8, 4) is 5.69 Å². The Morgan fingerprint density at radius 2 is 1.74 bits per heavy atom. The molecule has 2 aliphatic rings. The highest BCUT2D eigenvalue weighted by atomic mass is 32.2. The number of rotatable bonds is 7. The molecule has 0 spiro atoms. The van der Waals surface area contributed by atoms with Crippen molar-refractivity contribution in [2.24, 2.45) is 0 Å². The van der Waals surface area contributed by atoms with Gasteiger partial charge in [-0.25, -0.2) is 27.2 Å². The van der Waals surface area contributed by atoms with Gasteiger partial charge in [0, 0.05) is 12.5 Å². The fourth-order valence-electron chi connectivity index (χ4n) is 4.24. The summed E-state index contributed by atoms with van der Waals surface area (Å²) in [5, 5.41) is 4.53. The summed E-state index contributed by atoms with van der Waals surface area (Å²) >= 11 is 0. The second-order valence-electron chi connectivity index (χ2n) is 8.34. The van der Waals surface area contributed by atoms with E-state index in [-0.39, 0.29) is 23.7 Å². The van der Waals surface area contributed by atoms with Crippen molar-refractivity contribution in [2.75, 3.05) is 6.54 Å². The normalized spacial score (nSPS) is 16.3. The van der Waals surface area contributed by atoms with Gasteiger partial charge in [-0.3, -0.25) is 0 Å². The zero-order valence-electron chi connectivity index (χ0n) is 17.3. The highest BCUT2D eigenvalue weighted by Gasteiger charge is 2.31. The minimum absolute atomic E-state index is 0.106. The monoisotopic (exact) mass is 438 g/mol. The second kappa shape index (κ2) is 8.09. The largest absolute Gasteiger partial charge is 0.350 e. The molecule has 3 aromatic rings. The summed E-state index contributed by atoms with van der Waals surface area (Å²) in [6.07, 6.45) is 6.24. The van der Waals surface area contributed by atoms with E-state index < -0.39 is 10.0 Å². The van der Waals surface area contributed by atoms with Crippen molar-refractivity contribution in [3.05, 3.63) is 76.0 Å². The van der Waals surface area contributed by atoms with Crippen LogP contribution in [-0.2, 0) is 29.4 Å². The van der Waals surface area contributed by atoms with Gasteiger partial charge < -0.3 is 0 Å². The van der Waals surface area contributed by atoms with Crippen molar-refractivity contribution in [2.45, 2.75) is 55.9 Å². The molecule has 2 aromatic carbocycles. The van der Waals surface area contributed by atoms with Crippen molar-refractivity contribution in [3.63, 3.8) is 0 Å². The average molecular weight is 439 g/mol. The predicted molar refractivity (Wildman–Crippen MR) is 118 cm³/mol. The van der Waals surface area contributed by atoms with E-state index in [2.05, 4.69) is 9.82 Å². The van der Waals surface area contributed by atoms with Gasteiger partial charge in [0.2, 0.25) is 10.0 Å². The zero-order chi connectivity index (χ0) is 21.4. The van der Waals surface area contributed by atoms with Crippen LogP contribution in [0.25, 0.3) is 5.69 Å². The molecule has 0 aliphatic heterocycles. The third-order valence-corrected chi connectivity index (χ3v) is 7.53. The molecule has 1 fully saturated rings. The summed E-state index contributed by atoms with van der Waals surface area (Å²) in [7, 11) is -3.64. The maximum atomic E-state index is 13.0. The first-order chi connectivity index (χ1) is 15.0. The van der Waals surface area contributed by atoms with Crippen molar-refractivity contribution in [1.82, 2.24) is 19.1 Å². The van der Waals surface area contributed by atoms with Gasteiger partial charge in [0.25, 0.3) is 0 Å². The molecule has 1 aromatic heterocycles. The summed E-state index contributed by atoms with van der Waals surface area (Å²) in [5.74, 6) is 1.05. The first-order valence-corrected chi connectivity index (χ1v) is 12.4. The van der Waals surface area contributed by atoms with Gasteiger partial charge in [0.15, 0.2) is 0 Å².